The molecule has 2 rings (SSSR count). The van der Waals surface area contributed by atoms with Crippen molar-refractivity contribution in [1.29, 1.82) is 0 Å². The highest BCUT2D eigenvalue weighted by Crippen LogP contribution is 2.19. The van der Waals surface area contributed by atoms with Gasteiger partial charge < -0.3 is 15.0 Å². The first-order chi connectivity index (χ1) is 10.4. The second-order valence-corrected chi connectivity index (χ2v) is 5.85. The van der Waals surface area contributed by atoms with Crippen LogP contribution in [-0.2, 0) is 27.8 Å². The van der Waals surface area contributed by atoms with Crippen LogP contribution in [0.3, 0.4) is 0 Å². The molecule has 0 aliphatic carbocycles. The third-order valence-electron chi connectivity index (χ3n) is 4.28. The van der Waals surface area contributed by atoms with Gasteiger partial charge in [0, 0.05) is 32.8 Å². The Morgan fingerprint density at radius 2 is 2.23 bits per heavy atom. The summed E-state index contributed by atoms with van der Waals surface area (Å²) in [5, 5.41) is 6.77. The molecule has 122 valence electrons. The lowest BCUT2D eigenvalue weighted by Gasteiger charge is -2.39. The maximum absolute atomic E-state index is 12.4. The van der Waals surface area contributed by atoms with Gasteiger partial charge in [-0.15, -0.1) is 0 Å². The topological polar surface area (TPSA) is 76.5 Å². The van der Waals surface area contributed by atoms with Crippen molar-refractivity contribution in [3.63, 3.8) is 0 Å². The minimum atomic E-state index is -0.965. The number of hydrogen-bond donors (Lipinski definition) is 1. The summed E-state index contributed by atoms with van der Waals surface area (Å²) in [4.78, 5) is 26.0. The highest BCUT2D eigenvalue weighted by molar-refractivity contribution is 5.86. The second-order valence-electron chi connectivity index (χ2n) is 5.85. The number of likely N-dealkylation sites (N-methyl/N-ethyl adjacent to an activating group) is 1. The van der Waals surface area contributed by atoms with Gasteiger partial charge in [0.15, 0.2) is 5.60 Å². The van der Waals surface area contributed by atoms with Gasteiger partial charge in [-0.3, -0.25) is 14.3 Å². The van der Waals surface area contributed by atoms with Gasteiger partial charge in [-0.1, -0.05) is 0 Å². The SMILES string of the molecule is CNC(=O)C1(C)CN(C(=O)CCc2cnn(C)c2C)CCO1. The smallest absolute Gasteiger partial charge is 0.253 e. The largest absolute Gasteiger partial charge is 0.362 e. The van der Waals surface area contributed by atoms with E-state index in [2.05, 4.69) is 10.4 Å². The maximum atomic E-state index is 12.4. The Bertz CT molecular complexity index is 569. The zero-order valence-electron chi connectivity index (χ0n) is 13.7. The summed E-state index contributed by atoms with van der Waals surface area (Å²) in [6.45, 7) is 4.90. The number of ether oxygens (including phenoxy) is 1. The molecule has 0 radical (unpaired) electrons. The fraction of sp³-hybridized carbons (Fsp3) is 0.667. The number of hydrogen-bond acceptors (Lipinski definition) is 4. The van der Waals surface area contributed by atoms with Gasteiger partial charge in [-0.25, -0.2) is 0 Å². The Hall–Kier alpha value is -1.89. The molecule has 0 aromatic carbocycles. The first-order valence-corrected chi connectivity index (χ1v) is 7.49. The fourth-order valence-electron chi connectivity index (χ4n) is 2.67. The molecule has 7 heteroatoms. The van der Waals surface area contributed by atoms with Crippen molar-refractivity contribution in [2.75, 3.05) is 26.7 Å². The lowest BCUT2D eigenvalue weighted by molar-refractivity contribution is -0.162. The van der Waals surface area contributed by atoms with E-state index >= 15 is 0 Å². The van der Waals surface area contributed by atoms with Crippen LogP contribution in [-0.4, -0.2) is 58.8 Å². The Kier molecular flexibility index (Phi) is 4.85. The third kappa shape index (κ3) is 3.30. The molecule has 1 aromatic rings. The van der Waals surface area contributed by atoms with Gasteiger partial charge in [0.1, 0.15) is 0 Å². The summed E-state index contributed by atoms with van der Waals surface area (Å²) in [6, 6.07) is 0. The van der Waals surface area contributed by atoms with Crippen LogP contribution >= 0.6 is 0 Å². The summed E-state index contributed by atoms with van der Waals surface area (Å²) < 4.78 is 7.37. The van der Waals surface area contributed by atoms with Crippen LogP contribution in [0.2, 0.25) is 0 Å². The van der Waals surface area contributed by atoms with E-state index in [-0.39, 0.29) is 18.4 Å². The quantitative estimate of drug-likeness (QED) is 0.851. The molecule has 1 aromatic heterocycles. The molecule has 2 amide bonds. The highest BCUT2D eigenvalue weighted by Gasteiger charge is 2.39. The van der Waals surface area contributed by atoms with Crippen LogP contribution < -0.4 is 5.32 Å². The van der Waals surface area contributed by atoms with Crippen LogP contribution in [0.1, 0.15) is 24.6 Å². The van der Waals surface area contributed by atoms with Crippen molar-refractivity contribution in [2.24, 2.45) is 7.05 Å². The first-order valence-electron chi connectivity index (χ1n) is 7.49. The molecule has 1 N–H and O–H groups in total. The van der Waals surface area contributed by atoms with E-state index in [1.165, 1.54) is 0 Å². The van der Waals surface area contributed by atoms with Gasteiger partial charge >= 0.3 is 0 Å². The van der Waals surface area contributed by atoms with Gasteiger partial charge in [-0.05, 0) is 25.8 Å². The number of aromatic nitrogens is 2. The van der Waals surface area contributed by atoms with E-state index in [4.69, 9.17) is 4.74 Å². The number of rotatable bonds is 4. The van der Waals surface area contributed by atoms with Crippen LogP contribution in [0, 0.1) is 6.92 Å². The van der Waals surface area contributed by atoms with Crippen molar-refractivity contribution >= 4 is 11.8 Å². The molecule has 2 heterocycles. The molecule has 1 atom stereocenters. The van der Waals surface area contributed by atoms with E-state index in [1.54, 1.807) is 29.7 Å². The predicted octanol–water partition coefficient (Wildman–Crippen LogP) is 0.0246. The molecule has 1 saturated heterocycles. The number of nitrogens with one attached hydrogen (secondary N) is 1. The summed E-state index contributed by atoms with van der Waals surface area (Å²) in [5.41, 5.74) is 1.19. The zero-order chi connectivity index (χ0) is 16.3. The Labute approximate surface area is 130 Å². The minimum absolute atomic E-state index is 0.0432. The lowest BCUT2D eigenvalue weighted by atomic mass is 10.0. The van der Waals surface area contributed by atoms with Gasteiger partial charge in [0.05, 0.1) is 19.3 Å². The van der Waals surface area contributed by atoms with Gasteiger partial charge in [0.2, 0.25) is 5.91 Å². The molecule has 7 nitrogen and oxygen atoms in total. The lowest BCUT2D eigenvalue weighted by Crippen LogP contribution is -2.58. The fourth-order valence-corrected chi connectivity index (χ4v) is 2.67. The molecule has 1 fully saturated rings. The van der Waals surface area contributed by atoms with Gasteiger partial charge in [-0.2, -0.15) is 5.10 Å². The number of carbonyl (C=O) groups is 2. The van der Waals surface area contributed by atoms with E-state index in [9.17, 15) is 9.59 Å². The molecule has 1 aliphatic rings. The molecule has 1 unspecified atom stereocenters. The predicted molar refractivity (Wildman–Crippen MR) is 81.3 cm³/mol. The van der Waals surface area contributed by atoms with E-state index in [0.717, 1.165) is 11.3 Å². The third-order valence-corrected chi connectivity index (χ3v) is 4.28. The van der Waals surface area contributed by atoms with E-state index < -0.39 is 5.60 Å². The number of amides is 2. The Balaban J connectivity index is 1.95. The summed E-state index contributed by atoms with van der Waals surface area (Å²) in [7, 11) is 3.46. The van der Waals surface area contributed by atoms with Crippen molar-refractivity contribution < 1.29 is 14.3 Å². The standard InChI is InChI=1S/C15H24N4O3/c1-11-12(9-17-18(11)4)5-6-13(20)19-7-8-22-15(2,10-19)14(21)16-3/h9H,5-8,10H2,1-4H3,(H,16,21). The average Bonchev–Trinajstić information content (AvgIpc) is 2.83. The maximum Gasteiger partial charge on any atom is 0.253 e. The molecule has 22 heavy (non-hydrogen) atoms. The molecule has 0 bridgehead atoms. The van der Waals surface area contributed by atoms with Crippen LogP contribution in [0.15, 0.2) is 6.20 Å². The normalized spacial score (nSPS) is 21.7. The van der Waals surface area contributed by atoms with Crippen molar-refractivity contribution in [1.82, 2.24) is 20.0 Å². The van der Waals surface area contributed by atoms with Crippen LogP contribution in [0.25, 0.3) is 0 Å². The molecule has 0 spiro atoms. The van der Waals surface area contributed by atoms with Crippen molar-refractivity contribution in [2.45, 2.75) is 32.3 Å². The van der Waals surface area contributed by atoms with Crippen molar-refractivity contribution in [3.8, 4) is 0 Å². The molecular formula is C15H24N4O3. The molecular weight excluding hydrogens is 284 g/mol. The van der Waals surface area contributed by atoms with E-state index in [0.29, 0.717) is 26.0 Å². The number of carbonyl (C=O) groups excluding carboxylic acids is 2. The van der Waals surface area contributed by atoms with Crippen LogP contribution in [0.4, 0.5) is 0 Å². The van der Waals surface area contributed by atoms with E-state index in [1.807, 2.05) is 14.0 Å². The summed E-state index contributed by atoms with van der Waals surface area (Å²) in [5.74, 6) is -0.158. The first kappa shape index (κ1) is 16.5. The summed E-state index contributed by atoms with van der Waals surface area (Å²) >= 11 is 0. The molecule has 1 aliphatic heterocycles. The van der Waals surface area contributed by atoms with Crippen molar-refractivity contribution in [3.05, 3.63) is 17.5 Å². The summed E-state index contributed by atoms with van der Waals surface area (Å²) in [6.07, 6.45) is 2.87. The number of morpholine rings is 1. The second kappa shape index (κ2) is 6.48. The zero-order valence-corrected chi connectivity index (χ0v) is 13.7. The minimum Gasteiger partial charge on any atom is -0.362 e. The monoisotopic (exact) mass is 308 g/mol. The van der Waals surface area contributed by atoms with Crippen LogP contribution in [0.5, 0.6) is 0 Å². The molecule has 0 saturated carbocycles. The number of aryl methyl sites for hydroxylation is 2. The van der Waals surface area contributed by atoms with Gasteiger partial charge in [0.25, 0.3) is 5.91 Å². The highest BCUT2D eigenvalue weighted by atomic mass is 16.5. The Morgan fingerprint density at radius 3 is 2.82 bits per heavy atom. The Morgan fingerprint density at radius 1 is 1.50 bits per heavy atom. The number of nitrogens with zero attached hydrogens (tertiary/aromatic N) is 3. The average molecular weight is 308 g/mol.